The number of hydrogen-bond acceptors (Lipinski definition) is 3. The van der Waals surface area contributed by atoms with Gasteiger partial charge in [-0.05, 0) is 6.42 Å². The summed E-state index contributed by atoms with van der Waals surface area (Å²) in [5, 5.41) is 7.43. The molecule has 3 N–H and O–H groups in total. The standard InChI is InChI=1S/C12H21ClN4/c1-5-6-7-8-15-11(17-16-8)9(13)10(14)12(2,3)4/h5-7,14H2,1-4H3,(H,15,16,17). The van der Waals surface area contributed by atoms with Gasteiger partial charge in [-0.2, -0.15) is 5.10 Å². The first-order chi connectivity index (χ1) is 7.86. The average Bonchev–Trinajstić information content (AvgIpc) is 2.71. The van der Waals surface area contributed by atoms with Crippen LogP contribution in [0.15, 0.2) is 5.70 Å². The van der Waals surface area contributed by atoms with Crippen molar-refractivity contribution in [3.05, 3.63) is 17.3 Å². The molecule has 5 heteroatoms. The second-order valence-electron chi connectivity index (χ2n) is 5.19. The minimum absolute atomic E-state index is 0.179. The summed E-state index contributed by atoms with van der Waals surface area (Å²) in [6.07, 6.45) is 3.11. The molecule has 0 aliphatic rings. The van der Waals surface area contributed by atoms with E-state index in [2.05, 4.69) is 22.1 Å². The quantitative estimate of drug-likeness (QED) is 0.870. The van der Waals surface area contributed by atoms with Crippen LogP contribution >= 0.6 is 11.6 Å². The number of hydrogen-bond donors (Lipinski definition) is 2. The highest BCUT2D eigenvalue weighted by atomic mass is 35.5. The van der Waals surface area contributed by atoms with Gasteiger partial charge in [-0.1, -0.05) is 45.7 Å². The Morgan fingerprint density at radius 2 is 2.06 bits per heavy atom. The number of unbranched alkanes of at least 4 members (excludes halogenated alkanes) is 1. The SMILES string of the molecule is CCCCc1nc(C(Cl)=C(N)C(C)(C)C)n[nH]1. The largest absolute Gasteiger partial charge is 0.400 e. The van der Waals surface area contributed by atoms with E-state index in [1.54, 1.807) is 0 Å². The molecule has 1 aromatic heterocycles. The molecule has 1 rings (SSSR count). The number of aromatic amines is 1. The number of nitrogens with one attached hydrogen (secondary N) is 1. The number of rotatable bonds is 4. The topological polar surface area (TPSA) is 67.6 Å². The molecule has 1 heterocycles. The van der Waals surface area contributed by atoms with Crippen LogP contribution in [0.4, 0.5) is 0 Å². The molecular formula is C12H21ClN4. The summed E-state index contributed by atoms with van der Waals surface area (Å²) < 4.78 is 0. The van der Waals surface area contributed by atoms with Crippen LogP contribution in [0.2, 0.25) is 0 Å². The second kappa shape index (κ2) is 5.54. The average molecular weight is 257 g/mol. The maximum atomic E-state index is 6.20. The maximum Gasteiger partial charge on any atom is 0.194 e. The van der Waals surface area contributed by atoms with Crippen molar-refractivity contribution < 1.29 is 0 Å². The summed E-state index contributed by atoms with van der Waals surface area (Å²) in [5.41, 5.74) is 6.42. The molecule has 0 fully saturated rings. The van der Waals surface area contributed by atoms with Crippen LogP contribution in [0.25, 0.3) is 5.03 Å². The smallest absolute Gasteiger partial charge is 0.194 e. The normalized spacial score (nSPS) is 13.7. The first kappa shape index (κ1) is 14.0. The van der Waals surface area contributed by atoms with E-state index >= 15 is 0 Å². The van der Waals surface area contributed by atoms with Crippen molar-refractivity contribution in [1.29, 1.82) is 0 Å². The molecule has 1 aromatic rings. The van der Waals surface area contributed by atoms with Crippen molar-refractivity contribution in [3.8, 4) is 0 Å². The lowest BCUT2D eigenvalue weighted by atomic mass is 9.92. The van der Waals surface area contributed by atoms with E-state index in [9.17, 15) is 0 Å². The van der Waals surface area contributed by atoms with E-state index in [1.807, 2.05) is 20.8 Å². The molecule has 0 saturated heterocycles. The monoisotopic (exact) mass is 256 g/mol. The highest BCUT2D eigenvalue weighted by Gasteiger charge is 2.20. The molecule has 17 heavy (non-hydrogen) atoms. The molecule has 96 valence electrons. The van der Waals surface area contributed by atoms with E-state index in [4.69, 9.17) is 17.3 Å². The molecule has 0 atom stereocenters. The summed E-state index contributed by atoms with van der Waals surface area (Å²) in [4.78, 5) is 4.35. The minimum atomic E-state index is -0.179. The van der Waals surface area contributed by atoms with Crippen molar-refractivity contribution in [3.63, 3.8) is 0 Å². The zero-order valence-electron chi connectivity index (χ0n) is 11.0. The zero-order chi connectivity index (χ0) is 13.1. The number of nitrogens with two attached hydrogens (primary N) is 1. The van der Waals surface area contributed by atoms with Crippen LogP contribution < -0.4 is 5.73 Å². The zero-order valence-corrected chi connectivity index (χ0v) is 11.7. The number of aromatic nitrogens is 3. The van der Waals surface area contributed by atoms with Crippen LogP contribution in [0.1, 0.15) is 52.2 Å². The molecule has 0 aliphatic carbocycles. The molecule has 4 nitrogen and oxygen atoms in total. The lowest BCUT2D eigenvalue weighted by Crippen LogP contribution is -2.18. The van der Waals surface area contributed by atoms with Crippen molar-refractivity contribution >= 4 is 16.6 Å². The van der Waals surface area contributed by atoms with E-state index in [1.165, 1.54) is 0 Å². The van der Waals surface area contributed by atoms with Crippen LogP contribution in [-0.2, 0) is 6.42 Å². The first-order valence-corrected chi connectivity index (χ1v) is 6.31. The van der Waals surface area contributed by atoms with Crippen molar-refractivity contribution in [2.45, 2.75) is 47.0 Å². The fourth-order valence-corrected chi connectivity index (χ4v) is 1.67. The summed E-state index contributed by atoms with van der Waals surface area (Å²) >= 11 is 6.20. The van der Waals surface area contributed by atoms with Gasteiger partial charge >= 0.3 is 0 Å². The predicted molar refractivity (Wildman–Crippen MR) is 71.4 cm³/mol. The Hall–Kier alpha value is -1.03. The van der Waals surface area contributed by atoms with E-state index in [0.717, 1.165) is 25.1 Å². The summed E-state index contributed by atoms with van der Waals surface area (Å²) in [7, 11) is 0. The van der Waals surface area contributed by atoms with Gasteiger partial charge in [-0.3, -0.25) is 5.10 Å². The van der Waals surface area contributed by atoms with Gasteiger partial charge in [0, 0.05) is 17.5 Å². The Morgan fingerprint density at radius 1 is 1.41 bits per heavy atom. The number of aryl methyl sites for hydroxylation is 1. The van der Waals surface area contributed by atoms with Gasteiger partial charge in [-0.25, -0.2) is 4.98 Å². The van der Waals surface area contributed by atoms with E-state index in [-0.39, 0.29) is 5.41 Å². The molecular weight excluding hydrogens is 236 g/mol. The lowest BCUT2D eigenvalue weighted by Gasteiger charge is -2.19. The summed E-state index contributed by atoms with van der Waals surface area (Å²) in [6.45, 7) is 8.17. The third-order valence-corrected chi connectivity index (χ3v) is 2.91. The van der Waals surface area contributed by atoms with Gasteiger partial charge in [0.15, 0.2) is 5.82 Å². The highest BCUT2D eigenvalue weighted by molar-refractivity contribution is 6.48. The van der Waals surface area contributed by atoms with Gasteiger partial charge in [0.2, 0.25) is 0 Å². The Kier molecular flexibility index (Phi) is 4.57. The van der Waals surface area contributed by atoms with Gasteiger partial charge in [0.25, 0.3) is 0 Å². The maximum absolute atomic E-state index is 6.20. The fraction of sp³-hybridized carbons (Fsp3) is 0.667. The van der Waals surface area contributed by atoms with Gasteiger partial charge in [0.1, 0.15) is 10.9 Å². The minimum Gasteiger partial charge on any atom is -0.400 e. The van der Waals surface area contributed by atoms with Crippen LogP contribution in [0.5, 0.6) is 0 Å². The summed E-state index contributed by atoms with van der Waals surface area (Å²) in [6, 6.07) is 0. The van der Waals surface area contributed by atoms with E-state index < -0.39 is 0 Å². The Bertz CT molecular complexity index is 401. The molecule has 0 bridgehead atoms. The van der Waals surface area contributed by atoms with E-state index in [0.29, 0.717) is 16.6 Å². The number of allylic oxidation sites excluding steroid dienone is 1. The Labute approximate surface area is 108 Å². The third-order valence-electron chi connectivity index (χ3n) is 2.54. The molecule has 0 unspecified atom stereocenters. The van der Waals surface area contributed by atoms with Crippen LogP contribution in [-0.4, -0.2) is 15.2 Å². The molecule has 0 spiro atoms. The Morgan fingerprint density at radius 3 is 2.59 bits per heavy atom. The Balaban J connectivity index is 2.90. The van der Waals surface area contributed by atoms with Gasteiger partial charge in [0.05, 0.1) is 0 Å². The van der Waals surface area contributed by atoms with Gasteiger partial charge in [-0.15, -0.1) is 0 Å². The highest BCUT2D eigenvalue weighted by Crippen LogP contribution is 2.29. The number of H-pyrrole nitrogens is 1. The van der Waals surface area contributed by atoms with Crippen molar-refractivity contribution in [2.75, 3.05) is 0 Å². The molecule has 0 radical (unpaired) electrons. The summed E-state index contributed by atoms with van der Waals surface area (Å²) in [5.74, 6) is 1.35. The van der Waals surface area contributed by atoms with Crippen LogP contribution in [0, 0.1) is 5.41 Å². The fourth-order valence-electron chi connectivity index (χ4n) is 1.30. The van der Waals surface area contributed by atoms with Gasteiger partial charge < -0.3 is 5.73 Å². The van der Waals surface area contributed by atoms with Crippen molar-refractivity contribution in [2.24, 2.45) is 11.1 Å². The number of halogens is 1. The third kappa shape index (κ3) is 3.73. The molecule has 0 aliphatic heterocycles. The molecule has 0 aromatic carbocycles. The predicted octanol–water partition coefficient (Wildman–Crippen LogP) is 3.06. The lowest BCUT2D eigenvalue weighted by molar-refractivity contribution is 0.500. The first-order valence-electron chi connectivity index (χ1n) is 5.93. The van der Waals surface area contributed by atoms with Crippen LogP contribution in [0.3, 0.4) is 0 Å². The van der Waals surface area contributed by atoms with Crippen molar-refractivity contribution in [1.82, 2.24) is 15.2 Å². The second-order valence-corrected chi connectivity index (χ2v) is 5.56. The number of nitrogens with zero attached hydrogens (tertiary/aromatic N) is 2. The molecule has 0 saturated carbocycles. The molecule has 0 amide bonds.